The molecule has 0 aliphatic carbocycles. The molecule has 104 valence electrons. The highest BCUT2D eigenvalue weighted by Gasteiger charge is 2.02. The van der Waals surface area contributed by atoms with Crippen LogP contribution < -0.4 is 5.32 Å². The van der Waals surface area contributed by atoms with E-state index in [9.17, 15) is 14.4 Å². The van der Waals surface area contributed by atoms with Crippen LogP contribution in [0.25, 0.3) is 0 Å². The molecule has 0 fully saturated rings. The Labute approximate surface area is 106 Å². The van der Waals surface area contributed by atoms with Gasteiger partial charge in [-0.2, -0.15) is 0 Å². The van der Waals surface area contributed by atoms with Crippen LogP contribution in [0.4, 0.5) is 0 Å². The molecule has 0 aliphatic heterocycles. The van der Waals surface area contributed by atoms with E-state index in [2.05, 4.69) is 5.32 Å². The number of carbonyl (C=O) groups is 3. The summed E-state index contributed by atoms with van der Waals surface area (Å²) in [6.45, 7) is 0.173. The quantitative estimate of drug-likeness (QED) is 0.486. The lowest BCUT2D eigenvalue weighted by Gasteiger charge is -2.03. The van der Waals surface area contributed by atoms with Gasteiger partial charge in [-0.1, -0.05) is 19.3 Å². The summed E-state index contributed by atoms with van der Waals surface area (Å²) in [6, 6.07) is 0. The van der Waals surface area contributed by atoms with Crippen LogP contribution in [0.15, 0.2) is 0 Å². The summed E-state index contributed by atoms with van der Waals surface area (Å²) in [7, 11) is 0. The molecular weight excluding hydrogens is 238 g/mol. The van der Waals surface area contributed by atoms with Crippen LogP contribution in [-0.2, 0) is 14.4 Å². The van der Waals surface area contributed by atoms with E-state index in [1.165, 1.54) is 0 Å². The zero-order valence-corrected chi connectivity index (χ0v) is 10.5. The Bertz CT molecular complexity index is 278. The van der Waals surface area contributed by atoms with Crippen molar-refractivity contribution in [2.45, 2.75) is 51.4 Å². The Morgan fingerprint density at radius 1 is 0.722 bits per heavy atom. The molecule has 0 heterocycles. The fraction of sp³-hybridized carbons (Fsp3) is 0.750. The number of carboxylic acid groups (broad SMARTS) is 2. The third-order valence-corrected chi connectivity index (χ3v) is 2.46. The molecule has 0 radical (unpaired) electrons. The maximum Gasteiger partial charge on any atom is 0.305 e. The number of unbranched alkanes of at least 4 members (excludes halogenated alkanes) is 4. The smallest absolute Gasteiger partial charge is 0.305 e. The highest BCUT2D eigenvalue weighted by molar-refractivity contribution is 5.76. The van der Waals surface area contributed by atoms with Crippen molar-refractivity contribution < 1.29 is 24.6 Å². The zero-order valence-electron chi connectivity index (χ0n) is 10.5. The standard InChI is InChI=1S/C12H21NO5/c14-10(13-9-8-12(17)18)6-4-2-1-3-5-7-11(15)16/h1-9H2,(H,13,14)(H,15,16)(H,17,18). The number of nitrogens with one attached hydrogen (secondary N) is 1. The average Bonchev–Trinajstić information content (AvgIpc) is 2.26. The molecule has 0 saturated heterocycles. The Hall–Kier alpha value is -1.59. The minimum absolute atomic E-state index is 0.0546. The summed E-state index contributed by atoms with van der Waals surface area (Å²) in [5, 5.41) is 19.3. The van der Waals surface area contributed by atoms with Crippen molar-refractivity contribution in [1.82, 2.24) is 5.32 Å². The molecule has 0 bridgehead atoms. The molecular formula is C12H21NO5. The number of hydrogen-bond acceptors (Lipinski definition) is 3. The molecule has 0 aromatic rings. The van der Waals surface area contributed by atoms with E-state index in [-0.39, 0.29) is 25.3 Å². The van der Waals surface area contributed by atoms with Crippen molar-refractivity contribution in [3.8, 4) is 0 Å². The number of aliphatic carboxylic acids is 2. The fourth-order valence-corrected chi connectivity index (χ4v) is 1.49. The molecule has 3 N–H and O–H groups in total. The van der Waals surface area contributed by atoms with Gasteiger partial charge in [0.25, 0.3) is 0 Å². The number of carboxylic acids is 2. The van der Waals surface area contributed by atoms with Gasteiger partial charge >= 0.3 is 11.9 Å². The van der Waals surface area contributed by atoms with E-state index >= 15 is 0 Å². The lowest BCUT2D eigenvalue weighted by Crippen LogP contribution is -2.25. The van der Waals surface area contributed by atoms with Gasteiger partial charge in [0.05, 0.1) is 6.42 Å². The maximum atomic E-state index is 11.2. The summed E-state index contributed by atoms with van der Waals surface area (Å²) in [4.78, 5) is 31.6. The van der Waals surface area contributed by atoms with E-state index in [1.807, 2.05) is 0 Å². The Morgan fingerprint density at radius 3 is 1.78 bits per heavy atom. The second-order valence-corrected chi connectivity index (χ2v) is 4.16. The molecule has 0 aliphatic rings. The lowest BCUT2D eigenvalue weighted by molar-refractivity contribution is -0.138. The molecule has 0 unspecified atom stereocenters. The zero-order chi connectivity index (χ0) is 13.8. The maximum absolute atomic E-state index is 11.2. The molecule has 6 nitrogen and oxygen atoms in total. The molecule has 0 spiro atoms. The predicted molar refractivity (Wildman–Crippen MR) is 65.2 cm³/mol. The third-order valence-electron chi connectivity index (χ3n) is 2.46. The second kappa shape index (κ2) is 10.6. The molecule has 0 rings (SSSR count). The predicted octanol–water partition coefficient (Wildman–Crippen LogP) is 1.39. The molecule has 0 aromatic carbocycles. The minimum atomic E-state index is -0.922. The van der Waals surface area contributed by atoms with Crippen LogP contribution in [0.1, 0.15) is 51.4 Å². The Morgan fingerprint density at radius 2 is 1.22 bits per heavy atom. The second-order valence-electron chi connectivity index (χ2n) is 4.16. The van der Waals surface area contributed by atoms with E-state index in [4.69, 9.17) is 10.2 Å². The normalized spacial score (nSPS) is 10.0. The minimum Gasteiger partial charge on any atom is -0.481 e. The summed E-state index contributed by atoms with van der Waals surface area (Å²) in [5.41, 5.74) is 0. The van der Waals surface area contributed by atoms with Gasteiger partial charge in [-0.05, 0) is 12.8 Å². The van der Waals surface area contributed by atoms with E-state index in [0.717, 1.165) is 25.7 Å². The molecule has 18 heavy (non-hydrogen) atoms. The van der Waals surface area contributed by atoms with Crippen molar-refractivity contribution in [2.24, 2.45) is 0 Å². The average molecular weight is 259 g/mol. The summed E-state index contributed by atoms with van der Waals surface area (Å²) < 4.78 is 0. The topological polar surface area (TPSA) is 104 Å². The van der Waals surface area contributed by atoms with Crippen molar-refractivity contribution in [1.29, 1.82) is 0 Å². The van der Waals surface area contributed by atoms with E-state index in [1.54, 1.807) is 0 Å². The highest BCUT2D eigenvalue weighted by Crippen LogP contribution is 2.07. The fourth-order valence-electron chi connectivity index (χ4n) is 1.49. The number of carbonyl (C=O) groups excluding carboxylic acids is 1. The van der Waals surface area contributed by atoms with Gasteiger partial charge in [0.1, 0.15) is 0 Å². The number of amides is 1. The van der Waals surface area contributed by atoms with Gasteiger partial charge in [-0.15, -0.1) is 0 Å². The number of hydrogen-bond donors (Lipinski definition) is 3. The Kier molecular flexibility index (Phi) is 9.62. The summed E-state index contributed by atoms with van der Waals surface area (Å²) in [5.74, 6) is -1.82. The van der Waals surface area contributed by atoms with Gasteiger partial charge in [-0.3, -0.25) is 14.4 Å². The van der Waals surface area contributed by atoms with Crippen LogP contribution in [0, 0.1) is 0 Å². The largest absolute Gasteiger partial charge is 0.481 e. The van der Waals surface area contributed by atoms with Gasteiger partial charge in [0.2, 0.25) is 5.91 Å². The summed E-state index contributed by atoms with van der Waals surface area (Å²) in [6.07, 6.45) is 4.68. The molecule has 0 saturated carbocycles. The Balaban J connectivity index is 3.25. The van der Waals surface area contributed by atoms with Crippen LogP contribution in [0.3, 0.4) is 0 Å². The van der Waals surface area contributed by atoms with E-state index in [0.29, 0.717) is 12.8 Å². The van der Waals surface area contributed by atoms with Crippen LogP contribution in [0.5, 0.6) is 0 Å². The molecule has 0 atom stereocenters. The monoisotopic (exact) mass is 259 g/mol. The summed E-state index contributed by atoms with van der Waals surface area (Å²) >= 11 is 0. The van der Waals surface area contributed by atoms with Gasteiger partial charge in [0.15, 0.2) is 0 Å². The van der Waals surface area contributed by atoms with Crippen LogP contribution >= 0.6 is 0 Å². The van der Waals surface area contributed by atoms with Crippen LogP contribution in [-0.4, -0.2) is 34.6 Å². The lowest BCUT2D eigenvalue weighted by atomic mass is 10.1. The molecule has 0 aromatic heterocycles. The van der Waals surface area contributed by atoms with Crippen molar-refractivity contribution in [3.63, 3.8) is 0 Å². The first-order valence-corrected chi connectivity index (χ1v) is 6.22. The first kappa shape index (κ1) is 16.4. The van der Waals surface area contributed by atoms with Crippen molar-refractivity contribution in [2.75, 3.05) is 6.54 Å². The highest BCUT2D eigenvalue weighted by atomic mass is 16.4. The van der Waals surface area contributed by atoms with Crippen LogP contribution in [0.2, 0.25) is 0 Å². The molecule has 6 heteroatoms. The van der Waals surface area contributed by atoms with Crippen molar-refractivity contribution >= 4 is 17.8 Å². The molecule has 1 amide bonds. The third kappa shape index (κ3) is 12.5. The first-order chi connectivity index (χ1) is 8.52. The first-order valence-electron chi connectivity index (χ1n) is 6.22. The number of rotatable bonds is 11. The van der Waals surface area contributed by atoms with E-state index < -0.39 is 11.9 Å². The van der Waals surface area contributed by atoms with Gasteiger partial charge < -0.3 is 15.5 Å². The van der Waals surface area contributed by atoms with Gasteiger partial charge in [0, 0.05) is 19.4 Å². The van der Waals surface area contributed by atoms with Crippen molar-refractivity contribution in [3.05, 3.63) is 0 Å². The van der Waals surface area contributed by atoms with Gasteiger partial charge in [-0.25, -0.2) is 0 Å². The SMILES string of the molecule is O=C(O)CCCCCCCC(=O)NCCC(=O)O.